The van der Waals surface area contributed by atoms with Crippen molar-refractivity contribution in [2.75, 3.05) is 13.1 Å². The van der Waals surface area contributed by atoms with E-state index in [1.54, 1.807) is 0 Å². The molecule has 1 atom stereocenters. The van der Waals surface area contributed by atoms with Crippen LogP contribution in [-0.4, -0.2) is 28.9 Å². The minimum Gasteiger partial charge on any atom is -0.393 e. The Labute approximate surface area is 97.0 Å². The molecule has 0 bridgehead atoms. The van der Waals surface area contributed by atoms with Crippen molar-refractivity contribution in [2.24, 2.45) is 11.7 Å². The number of hydrogen-bond acceptors (Lipinski definition) is 2. The van der Waals surface area contributed by atoms with Gasteiger partial charge in [0.15, 0.2) is 0 Å². The second-order valence-corrected chi connectivity index (χ2v) is 4.60. The predicted octanol–water partition coefficient (Wildman–Crippen LogP) is 1.70. The summed E-state index contributed by atoms with van der Waals surface area (Å²) in [4.78, 5) is 14.4. The van der Waals surface area contributed by atoms with Crippen LogP contribution in [-0.2, 0) is 4.79 Å². The fourth-order valence-corrected chi connectivity index (χ4v) is 2.23. The van der Waals surface area contributed by atoms with Crippen LogP contribution in [0, 0.1) is 5.92 Å². The van der Waals surface area contributed by atoms with Gasteiger partial charge in [0.25, 0.3) is 0 Å². The quantitative estimate of drug-likeness (QED) is 0.745. The smallest absolute Gasteiger partial charge is 0.232 e. The minimum atomic E-state index is -0.233. The Kier molecular flexibility index (Phi) is 5.02. The number of likely N-dealkylation sites (tertiary alicyclic amines) is 1. The van der Waals surface area contributed by atoms with Gasteiger partial charge in [-0.3, -0.25) is 4.79 Å². The minimum absolute atomic E-state index is 0.143. The van der Waals surface area contributed by atoms with Gasteiger partial charge in [0.2, 0.25) is 5.91 Å². The fraction of sp³-hybridized carbons (Fsp3) is 0.818. The van der Waals surface area contributed by atoms with E-state index in [1.165, 1.54) is 6.42 Å². The van der Waals surface area contributed by atoms with Crippen LogP contribution in [0.15, 0.2) is 0 Å². The van der Waals surface area contributed by atoms with E-state index >= 15 is 0 Å². The molecule has 0 spiro atoms. The lowest BCUT2D eigenvalue weighted by Gasteiger charge is -2.30. The number of rotatable bonds is 4. The highest BCUT2D eigenvalue weighted by atomic mass is 32.1. The Balaban J connectivity index is 2.57. The zero-order valence-corrected chi connectivity index (χ0v) is 10.2. The molecule has 0 saturated carbocycles. The molecule has 1 saturated heterocycles. The van der Waals surface area contributed by atoms with Gasteiger partial charge in [-0.2, -0.15) is 0 Å². The van der Waals surface area contributed by atoms with Gasteiger partial charge in [-0.25, -0.2) is 0 Å². The Hall–Kier alpha value is -0.640. The number of piperidine rings is 1. The standard InChI is InChI=1S/C11H20N2OS/c1-2-6-9(10(12)15)11(14)13-7-4-3-5-8-13/h9H,2-8H2,1H3,(H2,12,15). The number of amides is 1. The van der Waals surface area contributed by atoms with Crippen molar-refractivity contribution in [1.29, 1.82) is 0 Å². The molecule has 1 fully saturated rings. The van der Waals surface area contributed by atoms with Crippen LogP contribution in [0.1, 0.15) is 39.0 Å². The summed E-state index contributed by atoms with van der Waals surface area (Å²) in [5, 5.41) is 0. The highest BCUT2D eigenvalue weighted by molar-refractivity contribution is 7.80. The van der Waals surface area contributed by atoms with Gasteiger partial charge in [-0.1, -0.05) is 25.6 Å². The SMILES string of the molecule is CCCC(C(=O)N1CCCCC1)C(N)=S. The summed E-state index contributed by atoms with van der Waals surface area (Å²) in [6.07, 6.45) is 5.19. The Bertz CT molecular complexity index is 237. The van der Waals surface area contributed by atoms with Crippen LogP contribution in [0.3, 0.4) is 0 Å². The summed E-state index contributed by atoms with van der Waals surface area (Å²) >= 11 is 4.96. The summed E-state index contributed by atoms with van der Waals surface area (Å²) in [6, 6.07) is 0. The monoisotopic (exact) mass is 228 g/mol. The number of nitrogens with zero attached hydrogens (tertiary/aromatic N) is 1. The van der Waals surface area contributed by atoms with E-state index in [0.717, 1.165) is 38.8 Å². The predicted molar refractivity (Wildman–Crippen MR) is 65.6 cm³/mol. The van der Waals surface area contributed by atoms with E-state index in [9.17, 15) is 4.79 Å². The maximum absolute atomic E-state index is 12.1. The lowest BCUT2D eigenvalue weighted by Crippen LogP contribution is -2.43. The summed E-state index contributed by atoms with van der Waals surface area (Å²) < 4.78 is 0. The Morgan fingerprint density at radius 1 is 1.40 bits per heavy atom. The average molecular weight is 228 g/mol. The van der Waals surface area contributed by atoms with E-state index in [1.807, 2.05) is 4.90 Å². The maximum Gasteiger partial charge on any atom is 0.232 e. The number of nitrogens with two attached hydrogens (primary N) is 1. The number of hydrogen-bond donors (Lipinski definition) is 1. The van der Waals surface area contributed by atoms with Crippen molar-refractivity contribution in [1.82, 2.24) is 4.90 Å². The third kappa shape index (κ3) is 3.45. The van der Waals surface area contributed by atoms with Crippen molar-refractivity contribution >= 4 is 23.1 Å². The Morgan fingerprint density at radius 2 is 2.00 bits per heavy atom. The van der Waals surface area contributed by atoms with Crippen LogP contribution < -0.4 is 5.73 Å². The molecule has 0 aromatic heterocycles. The summed E-state index contributed by atoms with van der Waals surface area (Å²) in [5.74, 6) is -0.0906. The maximum atomic E-state index is 12.1. The van der Waals surface area contributed by atoms with Crippen LogP contribution in [0.4, 0.5) is 0 Å². The van der Waals surface area contributed by atoms with Crippen molar-refractivity contribution in [3.8, 4) is 0 Å². The molecule has 4 heteroatoms. The molecule has 1 rings (SSSR count). The first kappa shape index (κ1) is 12.4. The topological polar surface area (TPSA) is 46.3 Å². The van der Waals surface area contributed by atoms with E-state index in [-0.39, 0.29) is 11.8 Å². The third-order valence-corrected chi connectivity index (χ3v) is 3.17. The summed E-state index contributed by atoms with van der Waals surface area (Å²) in [6.45, 7) is 3.80. The lowest BCUT2D eigenvalue weighted by molar-refractivity contribution is -0.134. The van der Waals surface area contributed by atoms with E-state index in [0.29, 0.717) is 4.99 Å². The summed E-state index contributed by atoms with van der Waals surface area (Å²) in [7, 11) is 0. The van der Waals surface area contributed by atoms with Crippen LogP contribution in [0.25, 0.3) is 0 Å². The summed E-state index contributed by atoms with van der Waals surface area (Å²) in [5.41, 5.74) is 5.61. The number of carbonyl (C=O) groups excluding carboxylic acids is 1. The number of thiocarbonyl (C=S) groups is 1. The van der Waals surface area contributed by atoms with Crippen molar-refractivity contribution in [2.45, 2.75) is 39.0 Å². The first-order valence-corrected chi connectivity index (χ1v) is 6.15. The molecule has 0 radical (unpaired) electrons. The zero-order chi connectivity index (χ0) is 11.3. The van der Waals surface area contributed by atoms with Crippen molar-refractivity contribution in [3.63, 3.8) is 0 Å². The molecule has 2 N–H and O–H groups in total. The van der Waals surface area contributed by atoms with E-state index < -0.39 is 0 Å². The molecular formula is C11H20N2OS. The third-order valence-electron chi connectivity index (χ3n) is 2.89. The average Bonchev–Trinajstić information content (AvgIpc) is 2.26. The lowest BCUT2D eigenvalue weighted by atomic mass is 10.0. The first-order valence-electron chi connectivity index (χ1n) is 5.75. The second kappa shape index (κ2) is 6.05. The van der Waals surface area contributed by atoms with Gasteiger partial charge in [0.1, 0.15) is 0 Å². The highest BCUT2D eigenvalue weighted by Gasteiger charge is 2.26. The van der Waals surface area contributed by atoms with Crippen molar-refractivity contribution in [3.05, 3.63) is 0 Å². The molecule has 3 nitrogen and oxygen atoms in total. The molecule has 1 aliphatic heterocycles. The molecule has 1 heterocycles. The Morgan fingerprint density at radius 3 is 2.47 bits per heavy atom. The molecule has 1 aliphatic rings. The van der Waals surface area contributed by atoms with Crippen molar-refractivity contribution < 1.29 is 4.79 Å². The molecular weight excluding hydrogens is 208 g/mol. The normalized spacial score (nSPS) is 18.6. The van der Waals surface area contributed by atoms with Gasteiger partial charge in [0.05, 0.1) is 10.9 Å². The molecule has 86 valence electrons. The highest BCUT2D eigenvalue weighted by Crippen LogP contribution is 2.16. The second-order valence-electron chi connectivity index (χ2n) is 4.13. The van der Waals surface area contributed by atoms with Crippen LogP contribution in [0.5, 0.6) is 0 Å². The van der Waals surface area contributed by atoms with E-state index in [2.05, 4.69) is 6.92 Å². The van der Waals surface area contributed by atoms with E-state index in [4.69, 9.17) is 18.0 Å². The molecule has 15 heavy (non-hydrogen) atoms. The van der Waals surface area contributed by atoms with Gasteiger partial charge in [0, 0.05) is 13.1 Å². The zero-order valence-electron chi connectivity index (χ0n) is 9.37. The van der Waals surface area contributed by atoms with Gasteiger partial charge < -0.3 is 10.6 Å². The van der Waals surface area contributed by atoms with Crippen LogP contribution >= 0.6 is 12.2 Å². The first-order chi connectivity index (χ1) is 7.16. The van der Waals surface area contributed by atoms with Gasteiger partial charge in [-0.15, -0.1) is 0 Å². The van der Waals surface area contributed by atoms with Crippen LogP contribution in [0.2, 0.25) is 0 Å². The van der Waals surface area contributed by atoms with Gasteiger partial charge >= 0.3 is 0 Å². The fourth-order valence-electron chi connectivity index (χ4n) is 2.01. The molecule has 0 aromatic carbocycles. The molecule has 1 unspecified atom stereocenters. The number of carbonyl (C=O) groups is 1. The van der Waals surface area contributed by atoms with Gasteiger partial charge in [-0.05, 0) is 25.7 Å². The molecule has 0 aliphatic carbocycles. The molecule has 1 amide bonds. The largest absolute Gasteiger partial charge is 0.393 e. The molecule has 0 aromatic rings.